The van der Waals surface area contributed by atoms with Crippen LogP contribution in [0.15, 0.2) is 59.1 Å². The monoisotopic (exact) mass is 411 g/mol. The van der Waals surface area contributed by atoms with Crippen LogP contribution in [0.3, 0.4) is 0 Å². The number of aryl methyl sites for hydroxylation is 1. The number of nitrogens with zero attached hydrogens (tertiary/aromatic N) is 2. The van der Waals surface area contributed by atoms with Gasteiger partial charge in [0.15, 0.2) is 5.11 Å². The molecule has 1 saturated heterocycles. The summed E-state index contributed by atoms with van der Waals surface area (Å²) < 4.78 is 6.34. The van der Waals surface area contributed by atoms with Crippen LogP contribution >= 0.6 is 23.8 Å². The first kappa shape index (κ1) is 19.0. The van der Waals surface area contributed by atoms with Crippen molar-refractivity contribution in [3.8, 4) is 11.3 Å². The molecule has 2 atom stereocenters. The van der Waals surface area contributed by atoms with E-state index in [-0.39, 0.29) is 18.1 Å². The lowest BCUT2D eigenvalue weighted by Gasteiger charge is -2.29. The van der Waals surface area contributed by atoms with Gasteiger partial charge in [-0.1, -0.05) is 23.7 Å². The fourth-order valence-electron chi connectivity index (χ4n) is 3.74. The molecule has 3 heterocycles. The third-order valence-corrected chi connectivity index (χ3v) is 5.64. The Morgan fingerprint density at radius 1 is 1.18 bits per heavy atom. The Kier molecular flexibility index (Phi) is 5.13. The Hall–Kier alpha value is -2.37. The van der Waals surface area contributed by atoms with Crippen molar-refractivity contribution < 1.29 is 4.42 Å². The number of halogens is 1. The van der Waals surface area contributed by atoms with E-state index in [0.717, 1.165) is 28.3 Å². The first-order valence-electron chi connectivity index (χ1n) is 9.31. The summed E-state index contributed by atoms with van der Waals surface area (Å²) >= 11 is 11.8. The first-order chi connectivity index (χ1) is 13.5. The van der Waals surface area contributed by atoms with Gasteiger partial charge in [-0.05, 0) is 75.0 Å². The average molecular weight is 412 g/mol. The molecule has 4 nitrogen and oxygen atoms in total. The number of nitrogens with one attached hydrogen (secondary N) is 1. The molecule has 0 spiro atoms. The highest BCUT2D eigenvalue weighted by molar-refractivity contribution is 7.80. The van der Waals surface area contributed by atoms with Crippen LogP contribution in [0.1, 0.15) is 42.9 Å². The molecule has 2 aromatic heterocycles. The summed E-state index contributed by atoms with van der Waals surface area (Å²) in [6.07, 6.45) is 1.80. The maximum absolute atomic E-state index is 6.34. The summed E-state index contributed by atoms with van der Waals surface area (Å²) in [5.74, 6) is 1.65. The molecule has 0 amide bonds. The molecule has 6 heteroatoms. The first-order valence-corrected chi connectivity index (χ1v) is 10.1. The number of aromatic nitrogens is 1. The lowest BCUT2D eigenvalue weighted by Crippen LogP contribution is -2.35. The zero-order valence-electron chi connectivity index (χ0n) is 16.0. The number of pyridine rings is 1. The van der Waals surface area contributed by atoms with Crippen molar-refractivity contribution in [3.05, 3.63) is 76.8 Å². The molecule has 1 N–H and O–H groups in total. The van der Waals surface area contributed by atoms with Crippen LogP contribution in [0, 0.1) is 6.92 Å². The summed E-state index contributed by atoms with van der Waals surface area (Å²) in [5, 5.41) is 4.84. The van der Waals surface area contributed by atoms with E-state index in [4.69, 9.17) is 28.2 Å². The second-order valence-corrected chi connectivity index (χ2v) is 8.11. The highest BCUT2D eigenvalue weighted by atomic mass is 35.5. The van der Waals surface area contributed by atoms with Gasteiger partial charge < -0.3 is 14.6 Å². The molecule has 3 aromatic rings. The summed E-state index contributed by atoms with van der Waals surface area (Å²) in [4.78, 5) is 6.73. The Balaban J connectivity index is 1.77. The van der Waals surface area contributed by atoms with Gasteiger partial charge in [0.05, 0.1) is 11.7 Å². The molecule has 144 valence electrons. The van der Waals surface area contributed by atoms with Crippen molar-refractivity contribution in [2.45, 2.75) is 38.9 Å². The molecular formula is C22H22ClN3OS. The molecule has 1 fully saturated rings. The van der Waals surface area contributed by atoms with Crippen LogP contribution < -0.4 is 5.32 Å². The van der Waals surface area contributed by atoms with Gasteiger partial charge in [0.25, 0.3) is 0 Å². The molecule has 1 aliphatic rings. The van der Waals surface area contributed by atoms with Gasteiger partial charge in [-0.25, -0.2) is 0 Å². The number of furan rings is 1. The van der Waals surface area contributed by atoms with E-state index in [1.165, 1.54) is 0 Å². The standard InChI is InChI=1S/C22H22ClN3OS/c1-13(2)26-21(20(25-22(26)28)17-6-4-5-11-24-17)19-10-9-18(27-19)16-12-15(23)8-7-14(16)3/h4-13,20-21H,1-3H3,(H,25,28)/t20-,21-/m0/s1. The van der Waals surface area contributed by atoms with Crippen LogP contribution in [-0.4, -0.2) is 21.0 Å². The van der Waals surface area contributed by atoms with E-state index in [0.29, 0.717) is 10.1 Å². The molecule has 1 aliphatic heterocycles. The predicted molar refractivity (Wildman–Crippen MR) is 116 cm³/mol. The van der Waals surface area contributed by atoms with Gasteiger partial charge >= 0.3 is 0 Å². The number of benzene rings is 1. The second-order valence-electron chi connectivity index (χ2n) is 7.29. The summed E-state index contributed by atoms with van der Waals surface area (Å²) in [5.41, 5.74) is 3.06. The van der Waals surface area contributed by atoms with Crippen molar-refractivity contribution in [2.24, 2.45) is 0 Å². The van der Waals surface area contributed by atoms with Gasteiger partial charge in [-0.15, -0.1) is 0 Å². The molecule has 0 saturated carbocycles. The van der Waals surface area contributed by atoms with Gasteiger partial charge in [0, 0.05) is 22.8 Å². The third kappa shape index (κ3) is 3.40. The normalized spacial score (nSPS) is 19.3. The Morgan fingerprint density at radius 2 is 2.00 bits per heavy atom. The zero-order valence-corrected chi connectivity index (χ0v) is 17.6. The quantitative estimate of drug-likeness (QED) is 0.559. The van der Waals surface area contributed by atoms with E-state index in [9.17, 15) is 0 Å². The van der Waals surface area contributed by atoms with E-state index in [2.05, 4.69) is 36.0 Å². The molecule has 28 heavy (non-hydrogen) atoms. The zero-order chi connectivity index (χ0) is 19.8. The Bertz CT molecular complexity index is 1000. The maximum Gasteiger partial charge on any atom is 0.170 e. The van der Waals surface area contributed by atoms with E-state index in [1.54, 1.807) is 6.20 Å². The third-order valence-electron chi connectivity index (χ3n) is 5.08. The SMILES string of the molecule is Cc1ccc(Cl)cc1-c1ccc([C@H]2[C@H](c3ccccn3)NC(=S)N2C(C)C)o1. The molecule has 0 radical (unpaired) electrons. The molecule has 1 aromatic carbocycles. The maximum atomic E-state index is 6.34. The minimum atomic E-state index is -0.0736. The summed E-state index contributed by atoms with van der Waals surface area (Å²) in [7, 11) is 0. The molecule has 0 unspecified atom stereocenters. The highest BCUT2D eigenvalue weighted by Crippen LogP contribution is 2.41. The smallest absolute Gasteiger partial charge is 0.170 e. The van der Waals surface area contributed by atoms with Crippen molar-refractivity contribution in [3.63, 3.8) is 0 Å². The van der Waals surface area contributed by atoms with Gasteiger partial charge in [-0.3, -0.25) is 4.98 Å². The van der Waals surface area contributed by atoms with Crippen LogP contribution in [0.25, 0.3) is 11.3 Å². The fourth-order valence-corrected chi connectivity index (χ4v) is 4.37. The van der Waals surface area contributed by atoms with Crippen LogP contribution in [-0.2, 0) is 0 Å². The lowest BCUT2D eigenvalue weighted by atomic mass is 10.0. The average Bonchev–Trinajstić information content (AvgIpc) is 3.28. The summed E-state index contributed by atoms with van der Waals surface area (Å²) in [6, 6.07) is 15.9. The van der Waals surface area contributed by atoms with Crippen molar-refractivity contribution in [1.29, 1.82) is 0 Å². The molecule has 4 rings (SSSR count). The largest absolute Gasteiger partial charge is 0.459 e. The minimum absolute atomic E-state index is 0.0735. The lowest BCUT2D eigenvalue weighted by molar-refractivity contribution is 0.237. The van der Waals surface area contributed by atoms with Crippen molar-refractivity contribution in [2.75, 3.05) is 0 Å². The van der Waals surface area contributed by atoms with Gasteiger partial charge in [-0.2, -0.15) is 0 Å². The van der Waals surface area contributed by atoms with E-state index >= 15 is 0 Å². The number of thiocarbonyl (C=S) groups is 1. The summed E-state index contributed by atoms with van der Waals surface area (Å²) in [6.45, 7) is 6.32. The van der Waals surface area contributed by atoms with E-state index in [1.807, 2.05) is 48.5 Å². The fraction of sp³-hybridized carbons (Fsp3) is 0.273. The Labute approximate surface area is 175 Å². The Morgan fingerprint density at radius 3 is 2.71 bits per heavy atom. The van der Waals surface area contributed by atoms with Gasteiger partial charge in [0.1, 0.15) is 17.6 Å². The number of hydrogen-bond acceptors (Lipinski definition) is 3. The topological polar surface area (TPSA) is 41.3 Å². The van der Waals surface area contributed by atoms with Crippen molar-refractivity contribution >= 4 is 28.9 Å². The van der Waals surface area contributed by atoms with Crippen molar-refractivity contribution in [1.82, 2.24) is 15.2 Å². The van der Waals surface area contributed by atoms with Crippen LogP contribution in [0.2, 0.25) is 5.02 Å². The van der Waals surface area contributed by atoms with E-state index < -0.39 is 0 Å². The number of hydrogen-bond donors (Lipinski definition) is 1. The second kappa shape index (κ2) is 7.57. The minimum Gasteiger partial charge on any atom is -0.459 e. The van der Waals surface area contributed by atoms with Crippen LogP contribution in [0.4, 0.5) is 0 Å². The molecular weight excluding hydrogens is 390 g/mol. The highest BCUT2D eigenvalue weighted by Gasteiger charge is 2.42. The molecule has 0 aliphatic carbocycles. The number of rotatable bonds is 4. The van der Waals surface area contributed by atoms with Crippen LogP contribution in [0.5, 0.6) is 0 Å². The molecule has 0 bridgehead atoms. The predicted octanol–water partition coefficient (Wildman–Crippen LogP) is 5.68. The van der Waals surface area contributed by atoms with Gasteiger partial charge in [0.2, 0.25) is 0 Å².